The van der Waals surface area contributed by atoms with E-state index in [-0.39, 0.29) is 11.7 Å². The Morgan fingerprint density at radius 1 is 1.37 bits per heavy atom. The number of nitrogens with one attached hydrogen (secondary N) is 1. The quantitative estimate of drug-likeness (QED) is 0.606. The summed E-state index contributed by atoms with van der Waals surface area (Å²) in [6.45, 7) is 6.61. The molecule has 5 heteroatoms. The first-order chi connectivity index (χ1) is 8.99. The number of hydrogen-bond acceptors (Lipinski definition) is 3. The molecule has 0 fully saturated rings. The summed E-state index contributed by atoms with van der Waals surface area (Å²) in [7, 11) is 0. The van der Waals surface area contributed by atoms with E-state index in [0.29, 0.717) is 18.0 Å². The van der Waals surface area contributed by atoms with Crippen molar-refractivity contribution in [2.24, 2.45) is 5.92 Å². The first-order valence-corrected chi connectivity index (χ1v) is 6.65. The maximum Gasteiger partial charge on any atom is 0.274 e. The van der Waals surface area contributed by atoms with Crippen LogP contribution in [0.1, 0.15) is 39.2 Å². The summed E-state index contributed by atoms with van der Waals surface area (Å²) in [5.41, 5.74) is 0.355. The number of rotatable bonds is 7. The molecule has 0 saturated heterocycles. The van der Waals surface area contributed by atoms with Crippen molar-refractivity contribution in [3.8, 4) is 0 Å². The van der Waals surface area contributed by atoms with Crippen LogP contribution in [0.4, 0.5) is 10.1 Å². The second-order valence-electron chi connectivity index (χ2n) is 4.78. The zero-order chi connectivity index (χ0) is 14.4. The van der Waals surface area contributed by atoms with Gasteiger partial charge in [0.05, 0.1) is 4.92 Å². The van der Waals surface area contributed by atoms with E-state index in [0.717, 1.165) is 18.9 Å². The number of halogens is 1. The average Bonchev–Trinajstić information content (AvgIpc) is 2.37. The summed E-state index contributed by atoms with van der Waals surface area (Å²) < 4.78 is 13.2. The first-order valence-electron chi connectivity index (χ1n) is 6.65. The lowest BCUT2D eigenvalue weighted by Crippen LogP contribution is -2.32. The Morgan fingerprint density at radius 2 is 2.00 bits per heavy atom. The fraction of sp³-hybridized carbons (Fsp3) is 0.571. The van der Waals surface area contributed by atoms with E-state index in [9.17, 15) is 14.5 Å². The molecule has 0 aliphatic carbocycles. The second kappa shape index (κ2) is 7.19. The Morgan fingerprint density at radius 3 is 2.53 bits per heavy atom. The molecule has 0 amide bonds. The monoisotopic (exact) mass is 268 g/mol. The maximum atomic E-state index is 13.2. The molecule has 1 N–H and O–H groups in total. The molecule has 0 aliphatic heterocycles. The van der Waals surface area contributed by atoms with Crippen LogP contribution in [-0.2, 0) is 6.54 Å². The van der Waals surface area contributed by atoms with Crippen molar-refractivity contribution >= 4 is 5.69 Å². The van der Waals surface area contributed by atoms with Crippen LogP contribution in [0, 0.1) is 21.8 Å². The van der Waals surface area contributed by atoms with Crippen molar-refractivity contribution in [2.45, 2.75) is 46.2 Å². The molecule has 106 valence electrons. The number of benzene rings is 1. The van der Waals surface area contributed by atoms with Gasteiger partial charge in [-0.15, -0.1) is 0 Å². The average molecular weight is 268 g/mol. The first kappa shape index (κ1) is 15.6. The molecule has 0 aromatic heterocycles. The van der Waals surface area contributed by atoms with Gasteiger partial charge in [0.2, 0.25) is 0 Å². The minimum absolute atomic E-state index is 0.0364. The highest BCUT2D eigenvalue weighted by atomic mass is 19.1. The summed E-state index contributed by atoms with van der Waals surface area (Å²) in [6.07, 6.45) is 2.10. The van der Waals surface area contributed by atoms with Gasteiger partial charge in [0.1, 0.15) is 5.82 Å². The van der Waals surface area contributed by atoms with Crippen molar-refractivity contribution in [1.82, 2.24) is 5.32 Å². The van der Waals surface area contributed by atoms with Gasteiger partial charge >= 0.3 is 0 Å². The summed E-state index contributed by atoms with van der Waals surface area (Å²) in [6, 6.07) is 3.81. The van der Waals surface area contributed by atoms with Gasteiger partial charge in [0.15, 0.2) is 0 Å². The molecule has 1 aromatic rings. The van der Waals surface area contributed by atoms with Crippen LogP contribution in [0.5, 0.6) is 0 Å². The van der Waals surface area contributed by atoms with Gasteiger partial charge in [-0.3, -0.25) is 10.1 Å². The van der Waals surface area contributed by atoms with Crippen molar-refractivity contribution in [3.05, 3.63) is 39.7 Å². The van der Waals surface area contributed by atoms with Gasteiger partial charge in [-0.05, 0) is 25.0 Å². The van der Waals surface area contributed by atoms with E-state index in [1.807, 2.05) is 0 Å². The van der Waals surface area contributed by atoms with E-state index in [4.69, 9.17) is 0 Å². The smallest absolute Gasteiger partial charge is 0.274 e. The third-order valence-corrected chi connectivity index (χ3v) is 3.61. The molecule has 0 spiro atoms. The summed E-state index contributed by atoms with van der Waals surface area (Å²) in [5, 5.41) is 14.1. The summed E-state index contributed by atoms with van der Waals surface area (Å²) in [4.78, 5) is 10.4. The zero-order valence-corrected chi connectivity index (χ0v) is 11.6. The van der Waals surface area contributed by atoms with Gasteiger partial charge in [0.25, 0.3) is 5.69 Å². The van der Waals surface area contributed by atoms with Crippen LogP contribution in [-0.4, -0.2) is 11.0 Å². The fourth-order valence-electron chi connectivity index (χ4n) is 2.31. The standard InChI is InChI=1S/C14H21FN2O2/c1-4-11(5-2)10(3)16-9-12-8-13(15)6-7-14(12)17(18)19/h6-8,10-11,16H,4-5,9H2,1-3H3. The van der Waals surface area contributed by atoms with Crippen LogP contribution in [0.15, 0.2) is 18.2 Å². The van der Waals surface area contributed by atoms with Crippen molar-refractivity contribution in [1.29, 1.82) is 0 Å². The largest absolute Gasteiger partial charge is 0.310 e. The maximum absolute atomic E-state index is 13.2. The highest BCUT2D eigenvalue weighted by molar-refractivity contribution is 5.40. The molecular weight excluding hydrogens is 247 g/mol. The molecule has 1 atom stereocenters. The molecule has 0 radical (unpaired) electrons. The molecule has 0 saturated carbocycles. The van der Waals surface area contributed by atoms with E-state index >= 15 is 0 Å². The normalized spacial score (nSPS) is 12.7. The Hall–Kier alpha value is -1.49. The summed E-state index contributed by atoms with van der Waals surface area (Å²) >= 11 is 0. The Labute approximate surface area is 113 Å². The minimum Gasteiger partial charge on any atom is -0.310 e. The Balaban J connectivity index is 2.76. The van der Waals surface area contributed by atoms with Crippen molar-refractivity contribution in [3.63, 3.8) is 0 Å². The topological polar surface area (TPSA) is 55.2 Å². The lowest BCUT2D eigenvalue weighted by atomic mass is 9.95. The molecular formula is C14H21FN2O2. The summed E-state index contributed by atoms with van der Waals surface area (Å²) in [5.74, 6) is 0.0743. The number of hydrogen-bond donors (Lipinski definition) is 1. The van der Waals surface area contributed by atoms with Gasteiger partial charge in [-0.2, -0.15) is 0 Å². The predicted octanol–water partition coefficient (Wildman–Crippen LogP) is 3.65. The molecule has 1 aromatic carbocycles. The molecule has 4 nitrogen and oxygen atoms in total. The Bertz CT molecular complexity index is 433. The minimum atomic E-state index is -0.474. The van der Waals surface area contributed by atoms with Gasteiger partial charge in [-0.25, -0.2) is 4.39 Å². The second-order valence-corrected chi connectivity index (χ2v) is 4.78. The van der Waals surface area contributed by atoms with Crippen molar-refractivity contribution < 1.29 is 9.31 Å². The number of nitro groups is 1. The third kappa shape index (κ3) is 4.28. The third-order valence-electron chi connectivity index (χ3n) is 3.61. The zero-order valence-electron chi connectivity index (χ0n) is 11.6. The van der Waals surface area contributed by atoms with Gasteiger partial charge in [0, 0.05) is 24.2 Å². The molecule has 0 bridgehead atoms. The number of nitro benzene ring substituents is 1. The van der Waals surface area contributed by atoms with E-state index in [1.165, 1.54) is 12.1 Å². The van der Waals surface area contributed by atoms with Crippen LogP contribution in [0.2, 0.25) is 0 Å². The molecule has 0 heterocycles. The van der Waals surface area contributed by atoms with Gasteiger partial charge < -0.3 is 5.32 Å². The molecule has 1 rings (SSSR count). The lowest BCUT2D eigenvalue weighted by molar-refractivity contribution is -0.385. The number of nitrogens with zero attached hydrogens (tertiary/aromatic N) is 1. The fourth-order valence-corrected chi connectivity index (χ4v) is 2.31. The van der Waals surface area contributed by atoms with E-state index in [1.54, 1.807) is 0 Å². The highest BCUT2D eigenvalue weighted by Crippen LogP contribution is 2.20. The Kier molecular flexibility index (Phi) is 5.89. The predicted molar refractivity (Wildman–Crippen MR) is 73.4 cm³/mol. The van der Waals surface area contributed by atoms with Crippen LogP contribution >= 0.6 is 0 Å². The van der Waals surface area contributed by atoms with Crippen molar-refractivity contribution in [2.75, 3.05) is 0 Å². The molecule has 19 heavy (non-hydrogen) atoms. The van der Waals surface area contributed by atoms with Crippen LogP contribution < -0.4 is 5.32 Å². The highest BCUT2D eigenvalue weighted by Gasteiger charge is 2.17. The van der Waals surface area contributed by atoms with E-state index in [2.05, 4.69) is 26.1 Å². The lowest BCUT2D eigenvalue weighted by Gasteiger charge is -2.22. The van der Waals surface area contributed by atoms with Crippen LogP contribution in [0.25, 0.3) is 0 Å². The molecule has 0 aliphatic rings. The van der Waals surface area contributed by atoms with Gasteiger partial charge in [-0.1, -0.05) is 26.7 Å². The SMILES string of the molecule is CCC(CC)C(C)NCc1cc(F)ccc1[N+](=O)[O-]. The molecule has 1 unspecified atom stereocenters. The van der Waals surface area contributed by atoms with E-state index < -0.39 is 10.7 Å². The van der Waals surface area contributed by atoms with Crippen LogP contribution in [0.3, 0.4) is 0 Å².